The van der Waals surface area contributed by atoms with E-state index in [4.69, 9.17) is 0 Å². The van der Waals surface area contributed by atoms with Crippen molar-refractivity contribution in [3.8, 4) is 0 Å². The molecule has 2 aromatic rings. The van der Waals surface area contributed by atoms with Gasteiger partial charge >= 0.3 is 0 Å². The number of carbonyl (C=O) groups is 1. The number of aliphatic hydroxyl groups excluding tert-OH is 1. The van der Waals surface area contributed by atoms with E-state index < -0.39 is 4.92 Å². The van der Waals surface area contributed by atoms with Crippen molar-refractivity contribution in [3.05, 3.63) is 75.8 Å². The Kier molecular flexibility index (Phi) is 6.45. The predicted octanol–water partition coefficient (Wildman–Crippen LogP) is 2.42. The van der Waals surface area contributed by atoms with Gasteiger partial charge in [-0.3, -0.25) is 14.9 Å². The van der Waals surface area contributed by atoms with E-state index in [-0.39, 0.29) is 30.5 Å². The molecule has 0 fully saturated rings. The molecule has 1 atom stereocenters. The van der Waals surface area contributed by atoms with Crippen LogP contribution in [-0.2, 0) is 11.2 Å². The third-order valence-corrected chi connectivity index (χ3v) is 3.78. The standard InChI is InChI=1S/C18H20N2O4/c21-10-9-16(15-6-2-1-3-7-15)13-19-18(22)12-14-5-4-8-17(11-14)20(23)24/h1-8,11,16,21H,9-10,12-13H2,(H,19,22). The number of non-ortho nitro benzene ring substituents is 1. The molecule has 0 aliphatic carbocycles. The Morgan fingerprint density at radius 2 is 1.92 bits per heavy atom. The summed E-state index contributed by atoms with van der Waals surface area (Å²) in [4.78, 5) is 22.4. The molecule has 0 saturated carbocycles. The largest absolute Gasteiger partial charge is 0.396 e. The topological polar surface area (TPSA) is 92.5 Å². The number of carbonyl (C=O) groups excluding carboxylic acids is 1. The second kappa shape index (κ2) is 8.79. The molecule has 2 aromatic carbocycles. The van der Waals surface area contributed by atoms with Crippen molar-refractivity contribution in [2.24, 2.45) is 0 Å². The average molecular weight is 328 g/mol. The van der Waals surface area contributed by atoms with Gasteiger partial charge in [0.15, 0.2) is 0 Å². The zero-order valence-corrected chi connectivity index (χ0v) is 13.2. The van der Waals surface area contributed by atoms with Gasteiger partial charge in [0.1, 0.15) is 0 Å². The molecule has 0 bridgehead atoms. The molecule has 1 amide bonds. The summed E-state index contributed by atoms with van der Waals surface area (Å²) in [5.41, 5.74) is 1.63. The minimum atomic E-state index is -0.478. The summed E-state index contributed by atoms with van der Waals surface area (Å²) in [6, 6.07) is 15.8. The monoisotopic (exact) mass is 328 g/mol. The Labute approximate surface area is 140 Å². The van der Waals surface area contributed by atoms with Crippen LogP contribution in [0.5, 0.6) is 0 Å². The molecule has 0 saturated heterocycles. The number of nitro benzene ring substituents is 1. The summed E-state index contributed by atoms with van der Waals surface area (Å²) in [6.45, 7) is 0.457. The van der Waals surface area contributed by atoms with Crippen LogP contribution in [0.2, 0.25) is 0 Å². The van der Waals surface area contributed by atoms with Crippen molar-refractivity contribution in [2.75, 3.05) is 13.2 Å². The lowest BCUT2D eigenvalue weighted by Crippen LogP contribution is -2.30. The molecule has 2 N–H and O–H groups in total. The zero-order chi connectivity index (χ0) is 17.4. The Morgan fingerprint density at radius 3 is 2.58 bits per heavy atom. The second-order valence-electron chi connectivity index (χ2n) is 5.53. The molecule has 1 unspecified atom stereocenters. The number of amides is 1. The van der Waals surface area contributed by atoms with Gasteiger partial charge in [-0.2, -0.15) is 0 Å². The van der Waals surface area contributed by atoms with Gasteiger partial charge in [-0.25, -0.2) is 0 Å². The quantitative estimate of drug-likeness (QED) is 0.575. The Hall–Kier alpha value is -2.73. The lowest BCUT2D eigenvalue weighted by molar-refractivity contribution is -0.384. The van der Waals surface area contributed by atoms with Crippen molar-refractivity contribution in [1.82, 2.24) is 5.32 Å². The van der Waals surface area contributed by atoms with Crippen molar-refractivity contribution >= 4 is 11.6 Å². The van der Waals surface area contributed by atoms with Crippen molar-refractivity contribution in [2.45, 2.75) is 18.8 Å². The van der Waals surface area contributed by atoms with E-state index in [1.807, 2.05) is 30.3 Å². The molecule has 0 aliphatic rings. The third kappa shape index (κ3) is 5.17. The molecule has 0 aromatic heterocycles. The molecule has 24 heavy (non-hydrogen) atoms. The number of hydrogen-bond acceptors (Lipinski definition) is 4. The van der Waals surface area contributed by atoms with Gasteiger partial charge < -0.3 is 10.4 Å². The van der Waals surface area contributed by atoms with Crippen molar-refractivity contribution < 1.29 is 14.8 Å². The highest BCUT2D eigenvalue weighted by atomic mass is 16.6. The first kappa shape index (κ1) is 17.6. The fourth-order valence-corrected chi connectivity index (χ4v) is 2.53. The summed E-state index contributed by atoms with van der Waals surface area (Å²) >= 11 is 0. The third-order valence-electron chi connectivity index (χ3n) is 3.78. The van der Waals surface area contributed by atoms with Crippen LogP contribution in [0.1, 0.15) is 23.5 Å². The van der Waals surface area contributed by atoms with E-state index in [0.29, 0.717) is 18.5 Å². The number of nitrogens with one attached hydrogen (secondary N) is 1. The molecule has 126 valence electrons. The number of hydrogen-bond donors (Lipinski definition) is 2. The van der Waals surface area contributed by atoms with Gasteiger partial charge in [0.05, 0.1) is 11.3 Å². The van der Waals surface area contributed by atoms with E-state index in [0.717, 1.165) is 5.56 Å². The molecule has 0 radical (unpaired) electrons. The van der Waals surface area contributed by atoms with Crippen LogP contribution >= 0.6 is 0 Å². The number of benzene rings is 2. The normalized spacial score (nSPS) is 11.7. The van der Waals surface area contributed by atoms with Crippen LogP contribution in [0.25, 0.3) is 0 Å². The maximum atomic E-state index is 12.1. The van der Waals surface area contributed by atoms with Crippen LogP contribution in [0.4, 0.5) is 5.69 Å². The maximum absolute atomic E-state index is 12.1. The highest BCUT2D eigenvalue weighted by Crippen LogP contribution is 2.18. The van der Waals surface area contributed by atoms with Crippen molar-refractivity contribution in [1.29, 1.82) is 0 Å². The lowest BCUT2D eigenvalue weighted by atomic mass is 9.96. The first-order chi connectivity index (χ1) is 11.6. The summed E-state index contributed by atoms with van der Waals surface area (Å²) in [7, 11) is 0. The maximum Gasteiger partial charge on any atom is 0.269 e. The van der Waals surface area contributed by atoms with Gasteiger partial charge in [-0.05, 0) is 17.5 Å². The number of nitrogens with zero attached hydrogens (tertiary/aromatic N) is 1. The molecule has 2 rings (SSSR count). The van der Waals surface area contributed by atoms with Crippen LogP contribution in [0, 0.1) is 10.1 Å². The minimum absolute atomic E-state index is 0.0252. The number of rotatable bonds is 8. The van der Waals surface area contributed by atoms with Crippen molar-refractivity contribution in [3.63, 3.8) is 0 Å². The molecule has 0 heterocycles. The first-order valence-corrected chi connectivity index (χ1v) is 7.76. The van der Waals surface area contributed by atoms with E-state index in [2.05, 4.69) is 5.32 Å². The fourth-order valence-electron chi connectivity index (χ4n) is 2.53. The van der Waals surface area contributed by atoms with Gasteiger partial charge in [-0.1, -0.05) is 42.5 Å². The van der Waals surface area contributed by atoms with Gasteiger partial charge in [-0.15, -0.1) is 0 Å². The molecule has 0 spiro atoms. The molecule has 0 aliphatic heterocycles. The summed E-state index contributed by atoms with van der Waals surface area (Å²) in [5, 5.41) is 22.8. The van der Waals surface area contributed by atoms with Gasteiger partial charge in [0.25, 0.3) is 5.69 Å². The molecule has 6 heteroatoms. The SMILES string of the molecule is O=C(Cc1cccc([N+](=O)[O-])c1)NCC(CCO)c1ccccc1. The zero-order valence-electron chi connectivity index (χ0n) is 13.2. The van der Waals surface area contributed by atoms with Crippen LogP contribution in [-0.4, -0.2) is 29.1 Å². The summed E-state index contributed by atoms with van der Waals surface area (Å²) in [6.07, 6.45) is 0.642. The Balaban J connectivity index is 1.94. The van der Waals surface area contributed by atoms with E-state index in [1.54, 1.807) is 12.1 Å². The lowest BCUT2D eigenvalue weighted by Gasteiger charge is -2.17. The minimum Gasteiger partial charge on any atom is -0.396 e. The van der Waals surface area contributed by atoms with E-state index in [9.17, 15) is 20.0 Å². The fraction of sp³-hybridized carbons (Fsp3) is 0.278. The number of nitro groups is 1. The molecular weight excluding hydrogens is 308 g/mol. The van der Waals surface area contributed by atoms with Gasteiger partial charge in [0, 0.05) is 31.2 Å². The summed E-state index contributed by atoms with van der Waals surface area (Å²) in [5.74, 6) is -0.167. The predicted molar refractivity (Wildman–Crippen MR) is 90.7 cm³/mol. The van der Waals surface area contributed by atoms with E-state index in [1.165, 1.54) is 12.1 Å². The highest BCUT2D eigenvalue weighted by molar-refractivity contribution is 5.78. The first-order valence-electron chi connectivity index (χ1n) is 7.76. The van der Waals surface area contributed by atoms with Gasteiger partial charge in [0.2, 0.25) is 5.91 Å². The smallest absolute Gasteiger partial charge is 0.269 e. The summed E-state index contributed by atoms with van der Waals surface area (Å²) < 4.78 is 0. The second-order valence-corrected chi connectivity index (χ2v) is 5.53. The number of aliphatic hydroxyl groups is 1. The van der Waals surface area contributed by atoms with Crippen LogP contribution in [0.3, 0.4) is 0 Å². The average Bonchev–Trinajstić information content (AvgIpc) is 2.59. The van der Waals surface area contributed by atoms with Crippen LogP contribution in [0.15, 0.2) is 54.6 Å². The highest BCUT2D eigenvalue weighted by Gasteiger charge is 2.13. The Bertz CT molecular complexity index is 688. The van der Waals surface area contributed by atoms with Crippen LogP contribution < -0.4 is 5.32 Å². The molecular formula is C18H20N2O4. The molecule has 6 nitrogen and oxygen atoms in total. The van der Waals surface area contributed by atoms with E-state index >= 15 is 0 Å². The Morgan fingerprint density at radius 1 is 1.17 bits per heavy atom.